The van der Waals surface area contributed by atoms with Crippen LogP contribution in [0.4, 0.5) is 0 Å². The fraction of sp³-hybridized carbons (Fsp3) is 0.333. The summed E-state index contributed by atoms with van der Waals surface area (Å²) in [7, 11) is 1.51. The second-order valence-corrected chi connectivity index (χ2v) is 1.93. The maximum atomic E-state index is 11.0. The molecule has 5 nitrogen and oxygen atoms in total. The maximum Gasteiger partial charge on any atom is 0.256 e. The first kappa shape index (κ1) is 7.74. The molecule has 0 saturated carbocycles. The van der Waals surface area contributed by atoms with E-state index in [0.717, 1.165) is 0 Å². The second kappa shape index (κ2) is 3.72. The summed E-state index contributed by atoms with van der Waals surface area (Å²) in [6.45, 7) is 0.212. The van der Waals surface area contributed by atoms with Crippen molar-refractivity contribution >= 4 is 5.91 Å². The van der Waals surface area contributed by atoms with Crippen molar-refractivity contribution in [3.8, 4) is 0 Å². The molecule has 0 aliphatic carbocycles. The lowest BCUT2D eigenvalue weighted by Gasteiger charge is -1.99. The van der Waals surface area contributed by atoms with Crippen molar-refractivity contribution in [2.24, 2.45) is 0 Å². The Labute approximate surface area is 63.7 Å². The Morgan fingerprint density at radius 3 is 3.27 bits per heavy atom. The van der Waals surface area contributed by atoms with E-state index >= 15 is 0 Å². The van der Waals surface area contributed by atoms with E-state index in [2.05, 4.69) is 20.3 Å². The molecule has 0 aliphatic heterocycles. The number of ether oxygens (including phenoxy) is 1. The molecular weight excluding hydrogens is 146 g/mol. The number of nitrogens with one attached hydrogen (secondary N) is 2. The van der Waals surface area contributed by atoms with Gasteiger partial charge in [0.25, 0.3) is 5.91 Å². The van der Waals surface area contributed by atoms with Crippen molar-refractivity contribution in [2.75, 3.05) is 13.8 Å². The van der Waals surface area contributed by atoms with Crippen LogP contribution in [0, 0.1) is 0 Å². The van der Waals surface area contributed by atoms with Crippen LogP contribution in [0.3, 0.4) is 0 Å². The Morgan fingerprint density at radius 1 is 1.91 bits per heavy atom. The van der Waals surface area contributed by atoms with E-state index in [0.29, 0.717) is 5.56 Å². The molecule has 5 heteroatoms. The van der Waals surface area contributed by atoms with E-state index in [1.165, 1.54) is 19.5 Å². The molecule has 60 valence electrons. The van der Waals surface area contributed by atoms with Crippen molar-refractivity contribution in [1.82, 2.24) is 15.5 Å². The predicted octanol–water partition coefficient (Wildman–Crippen LogP) is -0.257. The minimum Gasteiger partial charge on any atom is -0.364 e. The van der Waals surface area contributed by atoms with Crippen LogP contribution in [-0.2, 0) is 4.74 Å². The Kier molecular flexibility index (Phi) is 2.62. The summed E-state index contributed by atoms with van der Waals surface area (Å²) in [5.41, 5.74) is 0.502. The summed E-state index contributed by atoms with van der Waals surface area (Å²) in [6.07, 6.45) is 2.97. The molecule has 1 rings (SSSR count). The van der Waals surface area contributed by atoms with E-state index in [1.807, 2.05) is 0 Å². The third-order valence-electron chi connectivity index (χ3n) is 1.14. The van der Waals surface area contributed by atoms with Gasteiger partial charge in [0, 0.05) is 13.3 Å². The fourth-order valence-electron chi connectivity index (χ4n) is 0.615. The van der Waals surface area contributed by atoms with Gasteiger partial charge in [0.2, 0.25) is 0 Å². The van der Waals surface area contributed by atoms with Gasteiger partial charge in [-0.2, -0.15) is 5.10 Å². The fourth-order valence-corrected chi connectivity index (χ4v) is 0.615. The van der Waals surface area contributed by atoms with Crippen LogP contribution in [-0.4, -0.2) is 29.9 Å². The van der Waals surface area contributed by atoms with E-state index in [9.17, 15) is 4.79 Å². The molecule has 0 aliphatic rings. The highest BCUT2D eigenvalue weighted by Crippen LogP contribution is 1.91. The van der Waals surface area contributed by atoms with Gasteiger partial charge in [0.15, 0.2) is 0 Å². The van der Waals surface area contributed by atoms with Gasteiger partial charge >= 0.3 is 0 Å². The highest BCUT2D eigenvalue weighted by atomic mass is 16.5. The number of carbonyl (C=O) groups excluding carboxylic acids is 1. The molecule has 11 heavy (non-hydrogen) atoms. The van der Waals surface area contributed by atoms with E-state index < -0.39 is 0 Å². The van der Waals surface area contributed by atoms with Gasteiger partial charge in [-0.25, -0.2) is 0 Å². The van der Waals surface area contributed by atoms with Gasteiger partial charge in [-0.15, -0.1) is 0 Å². The minimum atomic E-state index is -0.194. The molecule has 1 aromatic heterocycles. The van der Waals surface area contributed by atoms with Gasteiger partial charge < -0.3 is 10.1 Å². The normalized spacial score (nSPS) is 9.55. The number of H-pyrrole nitrogens is 1. The number of methoxy groups -OCH3 is 1. The number of hydrogen-bond acceptors (Lipinski definition) is 3. The zero-order valence-corrected chi connectivity index (χ0v) is 6.13. The molecule has 1 aromatic rings. The average Bonchev–Trinajstić information content (AvgIpc) is 2.52. The zero-order valence-electron chi connectivity index (χ0n) is 6.13. The summed E-state index contributed by atoms with van der Waals surface area (Å²) in [4.78, 5) is 11.0. The number of aromatic nitrogens is 2. The summed E-state index contributed by atoms with van der Waals surface area (Å²) in [5, 5.41) is 8.67. The van der Waals surface area contributed by atoms with Crippen molar-refractivity contribution in [3.05, 3.63) is 18.0 Å². The number of hydrogen-bond donors (Lipinski definition) is 2. The van der Waals surface area contributed by atoms with Crippen LogP contribution < -0.4 is 5.32 Å². The van der Waals surface area contributed by atoms with Gasteiger partial charge in [-0.05, 0) is 0 Å². The predicted molar refractivity (Wildman–Crippen MR) is 37.9 cm³/mol. The molecule has 0 aromatic carbocycles. The third-order valence-corrected chi connectivity index (χ3v) is 1.14. The number of amides is 1. The molecule has 1 amide bonds. The minimum absolute atomic E-state index is 0.194. The van der Waals surface area contributed by atoms with Crippen LogP contribution in [0.15, 0.2) is 12.4 Å². The van der Waals surface area contributed by atoms with Crippen LogP contribution in [0.5, 0.6) is 0 Å². The van der Waals surface area contributed by atoms with Crippen molar-refractivity contribution in [1.29, 1.82) is 0 Å². The largest absolute Gasteiger partial charge is 0.364 e. The van der Waals surface area contributed by atoms with Crippen LogP contribution in [0.2, 0.25) is 0 Å². The Hall–Kier alpha value is -1.36. The summed E-state index contributed by atoms with van der Waals surface area (Å²) >= 11 is 0. The highest BCUT2D eigenvalue weighted by molar-refractivity contribution is 5.93. The Bertz CT molecular complexity index is 220. The molecule has 0 atom stereocenters. The first-order valence-electron chi connectivity index (χ1n) is 3.10. The van der Waals surface area contributed by atoms with Crippen LogP contribution >= 0.6 is 0 Å². The van der Waals surface area contributed by atoms with Gasteiger partial charge in [-0.3, -0.25) is 9.89 Å². The lowest BCUT2D eigenvalue weighted by Crippen LogP contribution is -2.24. The molecule has 1 heterocycles. The molecular formula is C6H9N3O2. The third kappa shape index (κ3) is 2.05. The summed E-state index contributed by atoms with van der Waals surface area (Å²) < 4.78 is 4.65. The number of nitrogens with zero attached hydrogens (tertiary/aromatic N) is 1. The van der Waals surface area contributed by atoms with Gasteiger partial charge in [0.1, 0.15) is 6.73 Å². The first-order chi connectivity index (χ1) is 5.34. The first-order valence-corrected chi connectivity index (χ1v) is 3.10. The molecule has 2 N–H and O–H groups in total. The molecule has 0 spiro atoms. The standard InChI is InChI=1S/C6H9N3O2/c1-11-4-7-6(10)5-2-8-9-3-5/h2-3H,4H2,1H3,(H,7,10)(H,8,9). The smallest absolute Gasteiger partial charge is 0.256 e. The van der Waals surface area contributed by atoms with E-state index in [-0.39, 0.29) is 12.6 Å². The summed E-state index contributed by atoms with van der Waals surface area (Å²) in [5.74, 6) is -0.194. The Balaban J connectivity index is 2.43. The van der Waals surface area contributed by atoms with Crippen molar-refractivity contribution in [3.63, 3.8) is 0 Å². The molecule has 0 unspecified atom stereocenters. The van der Waals surface area contributed by atoms with Crippen molar-refractivity contribution in [2.45, 2.75) is 0 Å². The number of carbonyl (C=O) groups is 1. The average molecular weight is 155 g/mol. The Morgan fingerprint density at radius 2 is 2.73 bits per heavy atom. The molecule has 0 saturated heterocycles. The van der Waals surface area contributed by atoms with Gasteiger partial charge in [0.05, 0.1) is 11.8 Å². The zero-order chi connectivity index (χ0) is 8.10. The highest BCUT2D eigenvalue weighted by Gasteiger charge is 2.03. The topological polar surface area (TPSA) is 67.0 Å². The quantitative estimate of drug-likeness (QED) is 0.591. The molecule has 0 radical (unpaired) electrons. The maximum absolute atomic E-state index is 11.0. The van der Waals surface area contributed by atoms with E-state index in [4.69, 9.17) is 0 Å². The molecule has 0 bridgehead atoms. The second-order valence-electron chi connectivity index (χ2n) is 1.93. The lowest BCUT2D eigenvalue weighted by atomic mass is 10.3. The van der Waals surface area contributed by atoms with Crippen LogP contribution in [0.25, 0.3) is 0 Å². The molecule has 0 fully saturated rings. The number of aromatic amines is 1. The van der Waals surface area contributed by atoms with E-state index in [1.54, 1.807) is 0 Å². The monoisotopic (exact) mass is 155 g/mol. The number of rotatable bonds is 3. The van der Waals surface area contributed by atoms with Crippen molar-refractivity contribution < 1.29 is 9.53 Å². The lowest BCUT2D eigenvalue weighted by molar-refractivity contribution is 0.0872. The SMILES string of the molecule is COCNC(=O)c1cn[nH]c1. The summed E-state index contributed by atoms with van der Waals surface area (Å²) in [6, 6.07) is 0. The van der Waals surface area contributed by atoms with Gasteiger partial charge in [-0.1, -0.05) is 0 Å². The van der Waals surface area contributed by atoms with Crippen LogP contribution in [0.1, 0.15) is 10.4 Å².